The predicted octanol–water partition coefficient (Wildman–Crippen LogP) is 0.915. The molecule has 1 aromatic rings. The third kappa shape index (κ3) is 4.71. The van der Waals surface area contributed by atoms with E-state index in [1.54, 1.807) is 0 Å². The summed E-state index contributed by atoms with van der Waals surface area (Å²) in [5.74, 6) is 1.07. The quantitative estimate of drug-likeness (QED) is 0.830. The first-order chi connectivity index (χ1) is 9.07. The van der Waals surface area contributed by atoms with Crippen molar-refractivity contribution in [1.82, 2.24) is 4.90 Å². The van der Waals surface area contributed by atoms with Crippen LogP contribution in [0.15, 0.2) is 35.2 Å². The fourth-order valence-electron chi connectivity index (χ4n) is 2.12. The van der Waals surface area contributed by atoms with Gasteiger partial charge in [-0.3, -0.25) is 4.21 Å². The number of benzene rings is 1. The van der Waals surface area contributed by atoms with Gasteiger partial charge in [0.1, 0.15) is 0 Å². The summed E-state index contributed by atoms with van der Waals surface area (Å²) in [6.07, 6.45) is 0.681. The van der Waals surface area contributed by atoms with Gasteiger partial charge in [-0.05, 0) is 25.1 Å². The Morgan fingerprint density at radius 3 is 2.58 bits per heavy atom. The lowest BCUT2D eigenvalue weighted by molar-refractivity contribution is 0.313. The highest BCUT2D eigenvalue weighted by molar-refractivity contribution is 7.91. The van der Waals surface area contributed by atoms with Crippen LogP contribution in [0.3, 0.4) is 0 Å². The number of hydrogen-bond acceptors (Lipinski definition) is 4. The normalized spacial score (nSPS) is 21.7. The molecule has 1 heterocycles. The Hall–Kier alpha value is -0.720. The summed E-state index contributed by atoms with van der Waals surface area (Å²) in [4.78, 5) is 2.94. The van der Waals surface area contributed by atoms with Gasteiger partial charge in [-0.25, -0.2) is 8.42 Å². The lowest BCUT2D eigenvalue weighted by Crippen LogP contribution is -2.30. The molecule has 1 aliphatic heterocycles. The lowest BCUT2D eigenvalue weighted by atomic mass is 10.4. The molecular weight excluding hydrogens is 282 g/mol. The van der Waals surface area contributed by atoms with Gasteiger partial charge in [0, 0.05) is 23.7 Å². The Kier molecular flexibility index (Phi) is 5.13. The van der Waals surface area contributed by atoms with E-state index in [0.29, 0.717) is 25.3 Å². The first-order valence-electron chi connectivity index (χ1n) is 6.43. The van der Waals surface area contributed by atoms with Gasteiger partial charge >= 0.3 is 0 Å². The van der Waals surface area contributed by atoms with Crippen LogP contribution >= 0.6 is 0 Å². The summed E-state index contributed by atoms with van der Waals surface area (Å²) in [5, 5.41) is 0. The third-order valence-corrected chi connectivity index (χ3v) is 6.31. The zero-order valence-corrected chi connectivity index (χ0v) is 12.5. The van der Waals surface area contributed by atoms with Crippen molar-refractivity contribution in [2.75, 3.05) is 36.9 Å². The largest absolute Gasteiger partial charge is 0.301 e. The van der Waals surface area contributed by atoms with Gasteiger partial charge in [-0.1, -0.05) is 18.2 Å². The van der Waals surface area contributed by atoms with Gasteiger partial charge in [0.05, 0.1) is 22.3 Å². The summed E-state index contributed by atoms with van der Waals surface area (Å²) >= 11 is 0. The predicted molar refractivity (Wildman–Crippen MR) is 77.4 cm³/mol. The van der Waals surface area contributed by atoms with Gasteiger partial charge in [0.25, 0.3) is 0 Å². The highest BCUT2D eigenvalue weighted by Crippen LogP contribution is 2.08. The van der Waals surface area contributed by atoms with Crippen molar-refractivity contribution in [2.24, 2.45) is 0 Å². The molecule has 0 saturated carbocycles. The Labute approximate surface area is 117 Å². The molecule has 0 spiro atoms. The molecule has 4 nitrogen and oxygen atoms in total. The maximum atomic E-state index is 12.1. The van der Waals surface area contributed by atoms with E-state index in [0.717, 1.165) is 11.4 Å². The lowest BCUT2D eigenvalue weighted by Gasteiger charge is -2.18. The van der Waals surface area contributed by atoms with Crippen LogP contribution < -0.4 is 0 Å². The second-order valence-electron chi connectivity index (χ2n) is 4.71. The first-order valence-corrected chi connectivity index (χ1v) is 9.57. The average Bonchev–Trinajstić information content (AvgIpc) is 2.58. The number of rotatable bonds is 4. The zero-order valence-electron chi connectivity index (χ0n) is 10.8. The van der Waals surface area contributed by atoms with E-state index in [4.69, 9.17) is 0 Å². The first kappa shape index (κ1) is 14.7. The van der Waals surface area contributed by atoms with Crippen LogP contribution in [0, 0.1) is 0 Å². The van der Waals surface area contributed by atoms with Gasteiger partial charge in [-0.15, -0.1) is 0 Å². The van der Waals surface area contributed by atoms with Crippen molar-refractivity contribution in [3.05, 3.63) is 30.3 Å². The molecule has 1 fully saturated rings. The van der Waals surface area contributed by atoms with Crippen LogP contribution in [0.25, 0.3) is 0 Å². The van der Waals surface area contributed by atoms with E-state index in [9.17, 15) is 12.6 Å². The molecule has 19 heavy (non-hydrogen) atoms. The Morgan fingerprint density at radius 2 is 1.84 bits per heavy atom. The molecule has 1 atom stereocenters. The topological polar surface area (TPSA) is 54.5 Å². The average molecular weight is 301 g/mol. The minimum atomic E-state index is -2.86. The van der Waals surface area contributed by atoms with Crippen LogP contribution in [0.5, 0.6) is 0 Å². The summed E-state index contributed by atoms with van der Waals surface area (Å²) in [6, 6.07) is 9.39. The standard InChI is InChI=1S/C13H19NO3S2/c15-18(13-5-2-1-3-6-13)10-8-14-7-4-11-19(16,17)12-9-14/h1-3,5-6H,4,7-12H2. The molecule has 6 heteroatoms. The molecule has 0 aliphatic carbocycles. The molecule has 0 radical (unpaired) electrons. The maximum absolute atomic E-state index is 12.1. The van der Waals surface area contributed by atoms with Gasteiger partial charge in [0.2, 0.25) is 0 Å². The fraction of sp³-hybridized carbons (Fsp3) is 0.538. The van der Waals surface area contributed by atoms with Crippen LogP contribution in [-0.2, 0) is 20.6 Å². The molecule has 0 amide bonds. The minimum Gasteiger partial charge on any atom is -0.301 e. The molecule has 106 valence electrons. The van der Waals surface area contributed by atoms with Crippen molar-refractivity contribution in [3.8, 4) is 0 Å². The van der Waals surface area contributed by atoms with Crippen LogP contribution in [-0.4, -0.2) is 54.4 Å². The van der Waals surface area contributed by atoms with E-state index in [1.807, 2.05) is 30.3 Å². The smallest absolute Gasteiger partial charge is 0.151 e. The van der Waals surface area contributed by atoms with Crippen molar-refractivity contribution < 1.29 is 12.6 Å². The summed E-state index contributed by atoms with van der Waals surface area (Å²) in [6.45, 7) is 2.04. The van der Waals surface area contributed by atoms with Crippen LogP contribution in [0.2, 0.25) is 0 Å². The molecule has 1 aromatic carbocycles. The van der Waals surface area contributed by atoms with Crippen LogP contribution in [0.4, 0.5) is 0 Å². The van der Waals surface area contributed by atoms with E-state index in [1.165, 1.54) is 0 Å². The summed E-state index contributed by atoms with van der Waals surface area (Å²) < 4.78 is 35.0. The summed E-state index contributed by atoms with van der Waals surface area (Å²) in [5.41, 5.74) is 0. The van der Waals surface area contributed by atoms with E-state index in [-0.39, 0.29) is 11.5 Å². The Balaban J connectivity index is 1.84. The maximum Gasteiger partial charge on any atom is 0.151 e. The molecule has 0 aromatic heterocycles. The number of sulfone groups is 1. The minimum absolute atomic E-state index is 0.227. The summed E-state index contributed by atoms with van der Waals surface area (Å²) in [7, 11) is -3.86. The van der Waals surface area contributed by atoms with Crippen molar-refractivity contribution in [2.45, 2.75) is 11.3 Å². The van der Waals surface area contributed by atoms with Crippen molar-refractivity contribution in [3.63, 3.8) is 0 Å². The number of nitrogens with zero attached hydrogens (tertiary/aromatic N) is 1. The van der Waals surface area contributed by atoms with Gasteiger partial charge in [0.15, 0.2) is 9.84 Å². The molecule has 0 N–H and O–H groups in total. The highest BCUT2D eigenvalue weighted by atomic mass is 32.2. The van der Waals surface area contributed by atoms with Crippen LogP contribution in [0.1, 0.15) is 6.42 Å². The van der Waals surface area contributed by atoms with E-state index in [2.05, 4.69) is 4.90 Å². The van der Waals surface area contributed by atoms with Gasteiger partial charge in [-0.2, -0.15) is 0 Å². The zero-order chi connectivity index (χ0) is 13.7. The molecule has 1 unspecified atom stereocenters. The van der Waals surface area contributed by atoms with Crippen molar-refractivity contribution in [1.29, 1.82) is 0 Å². The fourth-order valence-corrected chi connectivity index (χ4v) is 4.55. The monoisotopic (exact) mass is 301 g/mol. The molecule has 1 saturated heterocycles. The second kappa shape index (κ2) is 6.63. The molecule has 0 bridgehead atoms. The van der Waals surface area contributed by atoms with Gasteiger partial charge < -0.3 is 4.90 Å². The SMILES string of the molecule is O=S(CCN1CCCS(=O)(=O)CC1)c1ccccc1. The molecule has 1 aliphatic rings. The third-order valence-electron chi connectivity index (χ3n) is 3.25. The van der Waals surface area contributed by atoms with E-state index >= 15 is 0 Å². The Bertz CT molecular complexity index is 528. The number of hydrogen-bond donors (Lipinski definition) is 0. The second-order valence-corrected chi connectivity index (χ2v) is 8.58. The van der Waals surface area contributed by atoms with Crippen molar-refractivity contribution >= 4 is 20.6 Å². The highest BCUT2D eigenvalue weighted by Gasteiger charge is 2.19. The Morgan fingerprint density at radius 1 is 1.11 bits per heavy atom. The molecule has 2 rings (SSSR count). The van der Waals surface area contributed by atoms with E-state index < -0.39 is 20.6 Å². The molecular formula is C13H19NO3S2.